The molecule has 0 saturated carbocycles. The number of ketones is 1. The van der Waals surface area contributed by atoms with Crippen LogP contribution in [0.25, 0.3) is 11.1 Å². The van der Waals surface area contributed by atoms with Crippen molar-refractivity contribution in [2.24, 2.45) is 5.92 Å². The van der Waals surface area contributed by atoms with Gasteiger partial charge in [-0.05, 0) is 30.5 Å². The molecule has 5 heteroatoms. The molecule has 0 bridgehead atoms. The zero-order chi connectivity index (χ0) is 12.7. The van der Waals surface area contributed by atoms with Gasteiger partial charge in [0.2, 0.25) is 0 Å². The van der Waals surface area contributed by atoms with Crippen molar-refractivity contribution in [1.82, 2.24) is 4.98 Å². The molecular formula is C13H13NO4. The molecule has 2 heterocycles. The fourth-order valence-corrected chi connectivity index (χ4v) is 2.29. The van der Waals surface area contributed by atoms with Crippen molar-refractivity contribution in [3.8, 4) is 0 Å². The molecule has 1 aliphatic rings. The molecule has 0 radical (unpaired) electrons. The topological polar surface area (TPSA) is 72.3 Å². The van der Waals surface area contributed by atoms with Crippen LogP contribution in [-0.2, 0) is 4.74 Å². The number of ether oxygens (including phenoxy) is 1. The number of hydrogen-bond donors (Lipinski definition) is 1. The number of carbonyl (C=O) groups is 1. The van der Waals surface area contributed by atoms with E-state index in [-0.39, 0.29) is 17.8 Å². The molecule has 2 unspecified atom stereocenters. The van der Waals surface area contributed by atoms with Crippen molar-refractivity contribution in [2.75, 3.05) is 6.61 Å². The zero-order valence-electron chi connectivity index (χ0n) is 9.93. The van der Waals surface area contributed by atoms with Gasteiger partial charge >= 0.3 is 5.76 Å². The highest BCUT2D eigenvalue weighted by Gasteiger charge is 2.31. The molecule has 1 N–H and O–H groups in total. The van der Waals surface area contributed by atoms with Crippen LogP contribution < -0.4 is 5.76 Å². The normalized spacial score (nSPS) is 23.6. The molecule has 1 fully saturated rings. The van der Waals surface area contributed by atoms with E-state index in [2.05, 4.69) is 4.98 Å². The van der Waals surface area contributed by atoms with Crippen LogP contribution >= 0.6 is 0 Å². The van der Waals surface area contributed by atoms with Crippen LogP contribution in [0.2, 0.25) is 0 Å². The van der Waals surface area contributed by atoms with Crippen LogP contribution in [0.5, 0.6) is 0 Å². The number of oxazole rings is 1. The Kier molecular flexibility index (Phi) is 2.56. The first-order valence-corrected chi connectivity index (χ1v) is 5.94. The summed E-state index contributed by atoms with van der Waals surface area (Å²) in [4.78, 5) is 25.8. The Morgan fingerprint density at radius 1 is 1.44 bits per heavy atom. The van der Waals surface area contributed by atoms with Gasteiger partial charge in [0.1, 0.15) is 6.10 Å². The van der Waals surface area contributed by atoms with Crippen molar-refractivity contribution in [3.05, 3.63) is 34.3 Å². The van der Waals surface area contributed by atoms with E-state index in [1.807, 2.05) is 6.92 Å². The van der Waals surface area contributed by atoms with Gasteiger partial charge in [-0.1, -0.05) is 6.92 Å². The van der Waals surface area contributed by atoms with E-state index in [0.29, 0.717) is 23.3 Å². The van der Waals surface area contributed by atoms with Crippen LogP contribution in [0.1, 0.15) is 23.7 Å². The van der Waals surface area contributed by atoms with E-state index < -0.39 is 5.76 Å². The summed E-state index contributed by atoms with van der Waals surface area (Å²) in [6.07, 6.45) is 0.519. The lowest BCUT2D eigenvalue weighted by atomic mass is 9.96. The van der Waals surface area contributed by atoms with E-state index in [4.69, 9.17) is 9.15 Å². The third-order valence-corrected chi connectivity index (χ3v) is 3.35. The Bertz CT molecular complexity index is 654. The first kappa shape index (κ1) is 11.2. The Hall–Kier alpha value is -1.88. The van der Waals surface area contributed by atoms with Gasteiger partial charge in [0.05, 0.1) is 5.52 Å². The van der Waals surface area contributed by atoms with Crippen LogP contribution in [0.4, 0.5) is 0 Å². The molecule has 18 heavy (non-hydrogen) atoms. The van der Waals surface area contributed by atoms with Crippen LogP contribution in [0.3, 0.4) is 0 Å². The van der Waals surface area contributed by atoms with Crippen molar-refractivity contribution in [2.45, 2.75) is 19.4 Å². The number of benzene rings is 1. The third kappa shape index (κ3) is 1.76. The van der Waals surface area contributed by atoms with E-state index in [9.17, 15) is 9.59 Å². The average Bonchev–Trinajstić information content (AvgIpc) is 2.91. The van der Waals surface area contributed by atoms with Gasteiger partial charge in [-0.2, -0.15) is 0 Å². The number of aromatic amines is 1. The van der Waals surface area contributed by atoms with Gasteiger partial charge in [-0.25, -0.2) is 4.79 Å². The number of H-pyrrole nitrogens is 1. The van der Waals surface area contributed by atoms with E-state index in [0.717, 1.165) is 6.42 Å². The Morgan fingerprint density at radius 3 is 3.00 bits per heavy atom. The zero-order valence-corrected chi connectivity index (χ0v) is 9.93. The van der Waals surface area contributed by atoms with Gasteiger partial charge in [0.15, 0.2) is 11.4 Å². The molecule has 1 aliphatic heterocycles. The minimum Gasteiger partial charge on any atom is -0.408 e. The predicted molar refractivity (Wildman–Crippen MR) is 64.7 cm³/mol. The van der Waals surface area contributed by atoms with Gasteiger partial charge in [0.25, 0.3) is 0 Å². The van der Waals surface area contributed by atoms with Crippen molar-refractivity contribution in [1.29, 1.82) is 0 Å². The molecule has 94 valence electrons. The summed E-state index contributed by atoms with van der Waals surface area (Å²) in [6, 6.07) is 4.95. The summed E-state index contributed by atoms with van der Waals surface area (Å²) in [6.45, 7) is 2.63. The maximum Gasteiger partial charge on any atom is 0.417 e. The van der Waals surface area contributed by atoms with Crippen LogP contribution in [0.15, 0.2) is 27.4 Å². The molecule has 0 amide bonds. The lowest BCUT2D eigenvalue weighted by Gasteiger charge is -2.12. The number of fused-ring (bicyclic) bond motifs is 1. The average molecular weight is 247 g/mol. The first-order valence-electron chi connectivity index (χ1n) is 5.94. The standard InChI is InChI=1S/C13H13NO4/c1-7-4-5-17-12(7)11(15)8-2-3-9-10(6-8)18-13(16)14-9/h2-3,6-7,12H,4-5H2,1H3,(H,14,16). The highest BCUT2D eigenvalue weighted by Crippen LogP contribution is 2.24. The fraction of sp³-hybridized carbons (Fsp3) is 0.385. The predicted octanol–water partition coefficient (Wildman–Crippen LogP) is 1.73. The summed E-state index contributed by atoms with van der Waals surface area (Å²) in [5.74, 6) is -0.336. The second-order valence-corrected chi connectivity index (χ2v) is 4.65. The highest BCUT2D eigenvalue weighted by molar-refractivity contribution is 6.01. The molecule has 2 aromatic rings. The minimum absolute atomic E-state index is 0.0502. The Balaban J connectivity index is 1.98. The monoisotopic (exact) mass is 247 g/mol. The molecule has 5 nitrogen and oxygen atoms in total. The molecule has 2 atom stereocenters. The summed E-state index contributed by atoms with van der Waals surface area (Å²) in [7, 11) is 0. The van der Waals surface area contributed by atoms with Gasteiger partial charge in [-0.15, -0.1) is 0 Å². The Labute approximate surface area is 103 Å². The van der Waals surface area contributed by atoms with Crippen molar-refractivity contribution >= 4 is 16.9 Å². The van der Waals surface area contributed by atoms with Crippen LogP contribution in [0, 0.1) is 5.92 Å². The highest BCUT2D eigenvalue weighted by atomic mass is 16.5. The summed E-state index contributed by atoms with van der Waals surface area (Å²) in [5.41, 5.74) is 1.51. The lowest BCUT2D eigenvalue weighted by Crippen LogP contribution is -2.25. The smallest absolute Gasteiger partial charge is 0.408 e. The number of hydrogen-bond acceptors (Lipinski definition) is 4. The molecule has 1 aromatic carbocycles. The lowest BCUT2D eigenvalue weighted by molar-refractivity contribution is 0.0579. The number of Topliss-reactive ketones (excluding diaryl/α,β-unsaturated/α-hetero) is 1. The van der Waals surface area contributed by atoms with Crippen LogP contribution in [-0.4, -0.2) is 23.5 Å². The molecule has 0 spiro atoms. The van der Waals surface area contributed by atoms with Gasteiger partial charge in [-0.3, -0.25) is 9.78 Å². The second-order valence-electron chi connectivity index (χ2n) is 4.65. The molecular weight excluding hydrogens is 234 g/mol. The number of aromatic nitrogens is 1. The number of carbonyl (C=O) groups excluding carboxylic acids is 1. The third-order valence-electron chi connectivity index (χ3n) is 3.35. The number of nitrogens with one attached hydrogen (secondary N) is 1. The van der Waals surface area contributed by atoms with Gasteiger partial charge in [0, 0.05) is 12.2 Å². The quantitative estimate of drug-likeness (QED) is 0.820. The largest absolute Gasteiger partial charge is 0.417 e. The van der Waals surface area contributed by atoms with Crippen molar-refractivity contribution in [3.63, 3.8) is 0 Å². The second kappa shape index (κ2) is 4.10. The van der Waals surface area contributed by atoms with E-state index >= 15 is 0 Å². The Morgan fingerprint density at radius 2 is 2.28 bits per heavy atom. The van der Waals surface area contributed by atoms with Gasteiger partial charge < -0.3 is 9.15 Å². The van der Waals surface area contributed by atoms with E-state index in [1.54, 1.807) is 18.2 Å². The number of rotatable bonds is 2. The summed E-state index contributed by atoms with van der Waals surface area (Å²) >= 11 is 0. The molecule has 1 aromatic heterocycles. The van der Waals surface area contributed by atoms with E-state index in [1.165, 1.54) is 0 Å². The SMILES string of the molecule is CC1CCOC1C(=O)c1ccc2[nH]c(=O)oc2c1. The van der Waals surface area contributed by atoms with Crippen molar-refractivity contribution < 1.29 is 13.9 Å². The summed E-state index contributed by atoms with van der Waals surface area (Å²) < 4.78 is 10.4. The minimum atomic E-state index is -0.514. The fourth-order valence-electron chi connectivity index (χ4n) is 2.29. The molecule has 1 saturated heterocycles. The maximum absolute atomic E-state index is 12.3. The maximum atomic E-state index is 12.3. The molecule has 0 aliphatic carbocycles. The molecule has 3 rings (SSSR count). The first-order chi connectivity index (χ1) is 8.65. The summed E-state index contributed by atoms with van der Waals surface area (Å²) in [5, 5.41) is 0.